The lowest BCUT2D eigenvalue weighted by Crippen LogP contribution is -2.57. The number of carbonyl (C=O) groups is 1. The van der Waals surface area contributed by atoms with Crippen LogP contribution in [0.5, 0.6) is 0 Å². The maximum atomic E-state index is 13.2. The van der Waals surface area contributed by atoms with E-state index in [1.54, 1.807) is 0 Å². The number of hydrogen-bond donors (Lipinski definition) is 1. The third-order valence-electron chi connectivity index (χ3n) is 2.34. The van der Waals surface area contributed by atoms with E-state index in [9.17, 15) is 31.1 Å². The Morgan fingerprint density at radius 3 is 2.06 bits per heavy atom. The number of Topliss-reactive ketones (excluding diaryl/α,β-unsaturated/α-hetero) is 1. The molecule has 0 aliphatic rings. The summed E-state index contributed by atoms with van der Waals surface area (Å²) in [6, 6.07) is 0.755. The van der Waals surface area contributed by atoms with Crippen molar-refractivity contribution in [3.8, 4) is 0 Å². The monoisotopic (exact) mass is 271 g/mol. The maximum Gasteiger partial charge on any atom is 0.413 e. The van der Waals surface area contributed by atoms with Gasteiger partial charge in [-0.15, -0.1) is 0 Å². The van der Waals surface area contributed by atoms with E-state index in [1.807, 2.05) is 0 Å². The van der Waals surface area contributed by atoms with Crippen LogP contribution < -0.4 is 5.73 Å². The van der Waals surface area contributed by atoms with Gasteiger partial charge < -0.3 is 5.73 Å². The topological polar surface area (TPSA) is 43.1 Å². The molecule has 0 aliphatic heterocycles. The van der Waals surface area contributed by atoms with Crippen molar-refractivity contribution in [1.82, 2.24) is 0 Å². The lowest BCUT2D eigenvalue weighted by molar-refractivity contribution is -0.165. The Labute approximate surface area is 97.4 Å². The largest absolute Gasteiger partial charge is 0.413 e. The molecule has 0 aliphatic carbocycles. The summed E-state index contributed by atoms with van der Waals surface area (Å²) >= 11 is 0. The van der Waals surface area contributed by atoms with Gasteiger partial charge in [0.15, 0.2) is 28.8 Å². The zero-order chi connectivity index (χ0) is 14.3. The molecule has 0 spiro atoms. The Kier molecular flexibility index (Phi) is 3.44. The second kappa shape index (κ2) is 4.27. The summed E-state index contributed by atoms with van der Waals surface area (Å²) in [6.07, 6.45) is -5.15. The minimum atomic E-state index is -5.15. The van der Waals surface area contributed by atoms with Crippen LogP contribution in [0.3, 0.4) is 0 Å². The van der Waals surface area contributed by atoms with Crippen molar-refractivity contribution in [2.75, 3.05) is 0 Å². The second-order valence-corrected chi connectivity index (χ2v) is 3.75. The first-order chi connectivity index (χ1) is 8.00. The summed E-state index contributed by atoms with van der Waals surface area (Å²) in [5, 5.41) is 0. The molecule has 0 radical (unpaired) electrons. The van der Waals surface area contributed by atoms with Gasteiger partial charge in [-0.3, -0.25) is 4.79 Å². The molecule has 0 fully saturated rings. The number of carbonyl (C=O) groups excluding carboxylic acids is 1. The van der Waals surface area contributed by atoms with E-state index >= 15 is 0 Å². The smallest absolute Gasteiger partial charge is 0.311 e. The molecule has 0 aromatic heterocycles. The zero-order valence-electron chi connectivity index (χ0n) is 8.91. The van der Waals surface area contributed by atoms with Crippen LogP contribution in [0.2, 0.25) is 0 Å². The molecule has 18 heavy (non-hydrogen) atoms. The fourth-order valence-corrected chi connectivity index (χ4v) is 1.11. The first kappa shape index (κ1) is 14.5. The maximum absolute atomic E-state index is 13.2. The summed E-state index contributed by atoms with van der Waals surface area (Å²) in [5.74, 6) is -7.53. The van der Waals surface area contributed by atoms with Crippen LogP contribution in [0.25, 0.3) is 0 Å². The SMILES string of the molecule is CC(N)(C(=O)c1ccc(F)c(F)c1F)C(F)(F)F. The third-order valence-corrected chi connectivity index (χ3v) is 2.34. The van der Waals surface area contributed by atoms with Gasteiger partial charge in [-0.25, -0.2) is 13.2 Å². The summed E-state index contributed by atoms with van der Waals surface area (Å²) in [7, 11) is 0. The van der Waals surface area contributed by atoms with E-state index in [4.69, 9.17) is 5.73 Å². The fourth-order valence-electron chi connectivity index (χ4n) is 1.11. The highest BCUT2D eigenvalue weighted by molar-refractivity contribution is 6.03. The number of hydrogen-bond acceptors (Lipinski definition) is 2. The van der Waals surface area contributed by atoms with Crippen LogP contribution in [-0.2, 0) is 0 Å². The van der Waals surface area contributed by atoms with E-state index in [1.165, 1.54) is 0 Å². The lowest BCUT2D eigenvalue weighted by Gasteiger charge is -2.26. The van der Waals surface area contributed by atoms with Gasteiger partial charge >= 0.3 is 6.18 Å². The second-order valence-electron chi connectivity index (χ2n) is 3.75. The first-order valence-corrected chi connectivity index (χ1v) is 4.54. The summed E-state index contributed by atoms with van der Waals surface area (Å²) in [5.41, 5.74) is 0.125. The summed E-state index contributed by atoms with van der Waals surface area (Å²) < 4.78 is 75.9. The Morgan fingerprint density at radius 1 is 1.11 bits per heavy atom. The highest BCUT2D eigenvalue weighted by Gasteiger charge is 2.54. The Morgan fingerprint density at radius 2 is 1.61 bits per heavy atom. The van der Waals surface area contributed by atoms with Crippen LogP contribution in [0.15, 0.2) is 12.1 Å². The van der Waals surface area contributed by atoms with Crippen molar-refractivity contribution < 1.29 is 31.1 Å². The minimum absolute atomic E-state index is 0.316. The van der Waals surface area contributed by atoms with Gasteiger partial charge in [-0.05, 0) is 19.1 Å². The minimum Gasteiger partial charge on any atom is -0.311 e. The molecule has 0 saturated heterocycles. The Hall–Kier alpha value is -1.57. The third kappa shape index (κ3) is 2.20. The van der Waals surface area contributed by atoms with Crippen molar-refractivity contribution in [2.24, 2.45) is 5.73 Å². The zero-order valence-corrected chi connectivity index (χ0v) is 8.91. The molecule has 0 saturated carbocycles. The quantitative estimate of drug-likeness (QED) is 0.510. The predicted octanol–water partition coefficient (Wildman–Crippen LogP) is 2.57. The van der Waals surface area contributed by atoms with Crippen molar-refractivity contribution in [1.29, 1.82) is 0 Å². The van der Waals surface area contributed by atoms with Gasteiger partial charge in [0.2, 0.25) is 0 Å². The van der Waals surface area contributed by atoms with Crippen molar-refractivity contribution in [2.45, 2.75) is 18.6 Å². The van der Waals surface area contributed by atoms with Crippen LogP contribution in [-0.4, -0.2) is 17.5 Å². The molecule has 1 rings (SSSR count). The number of benzene rings is 1. The fraction of sp³-hybridized carbons (Fsp3) is 0.300. The summed E-state index contributed by atoms with van der Waals surface area (Å²) in [6.45, 7) is 0.316. The molecule has 1 aromatic carbocycles. The normalized spacial score (nSPS) is 15.3. The standard InChI is InChI=1S/C10H7F6NO/c1-9(17,10(14,15)16)8(18)4-2-3-5(11)7(13)6(4)12/h2-3H,17H2,1H3. The molecule has 1 aromatic rings. The van der Waals surface area contributed by atoms with E-state index < -0.39 is 40.5 Å². The number of nitrogens with two attached hydrogens (primary N) is 1. The van der Waals surface area contributed by atoms with Crippen molar-refractivity contribution in [3.63, 3.8) is 0 Å². The highest BCUT2D eigenvalue weighted by Crippen LogP contribution is 2.31. The molecule has 100 valence electrons. The van der Waals surface area contributed by atoms with Crippen LogP contribution in [0, 0.1) is 17.5 Å². The number of rotatable bonds is 2. The van der Waals surface area contributed by atoms with Gasteiger partial charge in [-0.2, -0.15) is 13.2 Å². The molecule has 0 bridgehead atoms. The molecule has 0 heterocycles. The van der Waals surface area contributed by atoms with E-state index in [0.29, 0.717) is 19.1 Å². The van der Waals surface area contributed by atoms with Gasteiger partial charge in [0.05, 0.1) is 5.56 Å². The van der Waals surface area contributed by atoms with Crippen LogP contribution in [0.4, 0.5) is 26.3 Å². The molecule has 2 N–H and O–H groups in total. The van der Waals surface area contributed by atoms with Crippen LogP contribution in [0.1, 0.15) is 17.3 Å². The van der Waals surface area contributed by atoms with E-state index in [-0.39, 0.29) is 0 Å². The molecule has 1 unspecified atom stereocenters. The lowest BCUT2D eigenvalue weighted by atomic mass is 9.91. The van der Waals surface area contributed by atoms with Gasteiger partial charge in [0.25, 0.3) is 0 Å². The number of halogens is 6. The molecule has 2 nitrogen and oxygen atoms in total. The van der Waals surface area contributed by atoms with Crippen LogP contribution >= 0.6 is 0 Å². The van der Waals surface area contributed by atoms with Crippen molar-refractivity contribution >= 4 is 5.78 Å². The van der Waals surface area contributed by atoms with Crippen molar-refractivity contribution in [3.05, 3.63) is 35.1 Å². The van der Waals surface area contributed by atoms with E-state index in [2.05, 4.69) is 0 Å². The average molecular weight is 271 g/mol. The van der Waals surface area contributed by atoms with Gasteiger partial charge in [-0.1, -0.05) is 0 Å². The Balaban J connectivity index is 3.33. The first-order valence-electron chi connectivity index (χ1n) is 4.54. The molecule has 8 heteroatoms. The molecule has 1 atom stereocenters. The molecular formula is C10H7F6NO. The Bertz CT molecular complexity index is 494. The average Bonchev–Trinajstić information content (AvgIpc) is 2.24. The molecule has 0 amide bonds. The summed E-state index contributed by atoms with van der Waals surface area (Å²) in [4.78, 5) is 11.4. The molecular weight excluding hydrogens is 264 g/mol. The highest BCUT2D eigenvalue weighted by atomic mass is 19.4. The van der Waals surface area contributed by atoms with Gasteiger partial charge in [0.1, 0.15) is 0 Å². The van der Waals surface area contributed by atoms with Gasteiger partial charge in [0, 0.05) is 0 Å². The number of ketones is 1. The predicted molar refractivity (Wildman–Crippen MR) is 49.3 cm³/mol. The number of alkyl halides is 3. The van der Waals surface area contributed by atoms with E-state index in [0.717, 1.165) is 0 Å².